The molecule has 6 N–H and O–H groups in total. The number of halogens is 5. The molecule has 0 amide bonds. The predicted molar refractivity (Wildman–Crippen MR) is 579 cm³/mol. The molecule has 0 saturated heterocycles. The number of ether oxygens (including phenoxy) is 9. The second-order valence-corrected chi connectivity index (χ2v) is 55.6. The van der Waals surface area contributed by atoms with E-state index in [0.29, 0.717) is 109 Å². The number of esters is 2. The van der Waals surface area contributed by atoms with E-state index in [4.69, 9.17) is 60.8 Å². The van der Waals surface area contributed by atoms with E-state index in [0.717, 1.165) is 137 Å². The van der Waals surface area contributed by atoms with Gasteiger partial charge < -0.3 is 75.3 Å². The molecule has 13 aromatic rings. The summed E-state index contributed by atoms with van der Waals surface area (Å²) in [5.41, 5.74) is 15.5. The van der Waals surface area contributed by atoms with Crippen LogP contribution in [-0.4, -0.2) is 209 Å². The summed E-state index contributed by atoms with van der Waals surface area (Å²) in [4.78, 5) is 52.5. The van der Waals surface area contributed by atoms with Gasteiger partial charge in [-0.3, -0.25) is 25.2 Å². The molecule has 776 valence electrons. The van der Waals surface area contributed by atoms with Crippen molar-refractivity contribution < 1.29 is 160 Å². The molecular formula is C95H121Br4ClKN12O24PS5. The van der Waals surface area contributed by atoms with Crippen LogP contribution in [0.5, 0.6) is 40.2 Å². The van der Waals surface area contributed by atoms with E-state index in [2.05, 4.69) is 93.9 Å². The average molecular weight is 2400 g/mol. The Kier molecular flexibility index (Phi) is 54.2. The zero-order valence-corrected chi connectivity index (χ0v) is 98.1. The number of aliphatic hydroxyl groups is 1. The van der Waals surface area contributed by atoms with Crippen LogP contribution >= 0.6 is 78.8 Å². The molecule has 7 aromatic carbocycles. The van der Waals surface area contributed by atoms with Gasteiger partial charge in [-0.25, -0.2) is 66.7 Å². The number of hydrogen-bond acceptors (Lipinski definition) is 30. The minimum Gasteiger partial charge on any atom is -0.512 e. The van der Waals surface area contributed by atoms with Crippen molar-refractivity contribution in [3.63, 3.8) is 0 Å². The molecule has 0 unspecified atom stereocenters. The van der Waals surface area contributed by atoms with Crippen LogP contribution in [0.15, 0.2) is 138 Å². The number of aromatic nitrogens is 6. The molecule has 0 bridgehead atoms. The van der Waals surface area contributed by atoms with Crippen LogP contribution in [0, 0.1) is 64.7 Å². The number of hydrazine groups is 1. The number of nitrogens with two attached hydrogens (primary N) is 1. The third-order valence-electron chi connectivity index (χ3n) is 21.0. The first-order valence-electron chi connectivity index (χ1n) is 42.2. The van der Waals surface area contributed by atoms with E-state index in [9.17, 15) is 66.4 Å². The summed E-state index contributed by atoms with van der Waals surface area (Å²) in [5.74, 6) is 9.95. The molecular weight excluding hydrogens is 2280 g/mol. The normalized spacial score (nSPS) is 11.3. The first kappa shape index (κ1) is 130. The Morgan fingerprint density at radius 3 is 1.17 bits per heavy atom. The summed E-state index contributed by atoms with van der Waals surface area (Å²) in [6.07, 6.45) is 7.94. The Morgan fingerprint density at radius 1 is 0.503 bits per heavy atom. The molecule has 6 aromatic heterocycles. The Labute approximate surface area is 918 Å². The SMILES string of the molecule is BrP(Br)Br.C.CCCC(=O)c1c(C)[nH]c2ccc(OC)cc12.CCOC(=O)CC(C)=O.CCOC(=O)c1c(C)n(S(C)(=O)=O)c2ccc(OC)cc12.COc1ccc(NN)cc1.COc1ccc2c(c1)c(CBr)c(C)n2S(C)(=O)=O.COc1ccc2c(c1)c(CC#N)c(C)n2S(C)(=O)=O.COc1ccc2c(c1)c(CC1=NCCN1)c(C)n2S(C)(=O)=O.COc1ccc2c(c1)c(CO)c(C)n2S(C)(=O)=O.Cl.[C-]#N.[K+]. The van der Waals surface area contributed by atoms with E-state index in [1.807, 2.05) is 82.3 Å². The number of rotatable bonds is 26. The van der Waals surface area contributed by atoms with Gasteiger partial charge >= 0.3 is 63.3 Å². The minimum atomic E-state index is -3.54. The van der Waals surface area contributed by atoms with Gasteiger partial charge in [-0.2, -0.15) is 5.26 Å². The number of carbonyl (C=O) groups is 4. The van der Waals surface area contributed by atoms with Crippen LogP contribution in [0.1, 0.15) is 132 Å². The van der Waals surface area contributed by atoms with Gasteiger partial charge in [-0.1, -0.05) is 30.3 Å². The van der Waals surface area contributed by atoms with Crippen LogP contribution in [0.2, 0.25) is 0 Å². The molecule has 0 fully saturated rings. The molecule has 48 heteroatoms. The monoisotopic (exact) mass is 2390 g/mol. The molecule has 0 aliphatic carbocycles. The van der Waals surface area contributed by atoms with E-state index >= 15 is 0 Å². The third-order valence-corrected chi connectivity index (χ3v) is 27.2. The van der Waals surface area contributed by atoms with Crippen molar-refractivity contribution in [1.82, 2.24) is 30.2 Å². The number of fused-ring (bicyclic) bond motifs is 6. The maximum absolute atomic E-state index is 12.2. The zero-order chi connectivity index (χ0) is 106. The number of nitriles is 1. The van der Waals surface area contributed by atoms with Gasteiger partial charge in [-0.05, 0) is 265 Å². The van der Waals surface area contributed by atoms with Gasteiger partial charge in [0.15, 0.2) is 5.78 Å². The van der Waals surface area contributed by atoms with Gasteiger partial charge in [-0.15, -0.1) is 12.4 Å². The number of carbonyl (C=O) groups excluding carboxylic acids is 4. The van der Waals surface area contributed by atoms with Gasteiger partial charge in [0.25, 0.3) is 0 Å². The summed E-state index contributed by atoms with van der Waals surface area (Å²) < 4.78 is 171. The largest absolute Gasteiger partial charge is 1.00 e. The average Bonchev–Trinajstić information content (AvgIpc) is 1.62. The second kappa shape index (κ2) is 59.6. The van der Waals surface area contributed by atoms with Crippen LogP contribution in [0.25, 0.3) is 65.4 Å². The number of anilines is 1. The number of nitrogen functional groups attached to an aromatic ring is 1. The number of nitrogens with zero attached hydrogens (tertiary/aromatic N) is 8. The Morgan fingerprint density at radius 2 is 0.832 bits per heavy atom. The number of hydrogen-bond donors (Lipinski definition) is 5. The van der Waals surface area contributed by atoms with Crippen LogP contribution in [0.3, 0.4) is 0 Å². The standard InChI is InChI=1S/C15H19N3O3S.C14H17NO5S.C14H17NO2.C13H14N2O3S.C12H14BrNO3S.C12H15NO4S.C7H10N2O.C6H10O3.CN.CH4.Br3P.ClH.K/c1-10-12(9-15-16-6-7-17-15)13-8-11(21-2)4-5-14(13)18(10)22(3,19)20;1-5-20-14(16)13-9(2)15(21(4,17)18)12-7-6-10(19-3)8-11(12)13;1-4-5-13(16)14-9(2)15-12-7-6-10(17-3)8-11(12)14;1-9-11(6-7-14)12-8-10(18-2)4-5-13(12)15(9)19(3,16)17;1-8-11(7-13)10-6-9(17-2)4-5-12(10)14(8)18(3,15)16;1-8-11(7-14)10-6-9(17-2)4-5-12(10)13(8)18(3,15)16;1-10-7-4-2-6(9-8)3-5-7;1-3-9-6(8)4-5(2)7;1-2;;1-4(2)3;;/h4-5,8H,6-7,9H2,1-3H3,(H,16,17);6-8H,5H2,1-4H3;6-8,15H,4-5H2,1-3H3;4-5,8H,6H2,1-3H3;4-6H,7H2,1-3H3;4-6,14H,7H2,1-3H3;2-5,9H,8H2,1H3;3-4H2,1-2H3;;1H4;;1H;/q;;;;;;;;-1;;;;+1. The number of Topliss-reactive ketones (excluding diaryl/α,β-unsaturated/α-hetero) is 2. The van der Waals surface area contributed by atoms with E-state index in [-0.39, 0.29) is 118 Å². The van der Waals surface area contributed by atoms with E-state index < -0.39 is 62.1 Å². The van der Waals surface area contributed by atoms with Crippen molar-refractivity contribution in [2.75, 3.05) is 113 Å². The van der Waals surface area contributed by atoms with Crippen molar-refractivity contribution in [3.05, 3.63) is 208 Å². The molecule has 0 atom stereocenters. The Hall–Kier alpha value is -9.14. The van der Waals surface area contributed by atoms with Crippen LogP contribution < -0.4 is 101 Å². The fourth-order valence-electron chi connectivity index (χ4n) is 15.2. The van der Waals surface area contributed by atoms with E-state index in [1.165, 1.54) is 42.4 Å². The number of aliphatic imine (C=N–C) groups is 1. The van der Waals surface area contributed by atoms with Crippen molar-refractivity contribution in [2.24, 2.45) is 10.8 Å². The summed E-state index contributed by atoms with van der Waals surface area (Å²) in [6, 6.07) is 41.2. The van der Waals surface area contributed by atoms with Gasteiger partial charge in [0.05, 0.1) is 153 Å². The topological polar surface area (TPSA) is 493 Å². The molecule has 7 heterocycles. The molecule has 1 aliphatic heterocycles. The smallest absolute Gasteiger partial charge is 0.512 e. The fraction of sp³-hybridized carbons (Fsp3) is 0.358. The minimum absolute atomic E-state index is 0. The Balaban J connectivity index is 0.000000552. The number of aromatic amines is 1. The summed E-state index contributed by atoms with van der Waals surface area (Å²) in [5, 5.41) is 33.1. The number of alkyl halides is 1. The number of methoxy groups -OCH3 is 7. The molecule has 143 heavy (non-hydrogen) atoms. The number of H-pyrrole nitrogens is 1. The van der Waals surface area contributed by atoms with Crippen molar-refractivity contribution in [1.29, 1.82) is 10.5 Å². The zero-order valence-electron chi connectivity index (χ0n) is 82.9. The van der Waals surface area contributed by atoms with Gasteiger partial charge in [0.2, 0.25) is 50.1 Å². The maximum Gasteiger partial charge on any atom is 1.00 e. The maximum atomic E-state index is 12.2. The fourth-order valence-corrected chi connectivity index (χ4v) is 21.5. The van der Waals surface area contributed by atoms with Crippen molar-refractivity contribution in [2.45, 2.75) is 121 Å². The Bertz CT molecular complexity index is 7180. The van der Waals surface area contributed by atoms with Crippen LogP contribution in [0.4, 0.5) is 5.69 Å². The van der Waals surface area contributed by atoms with Gasteiger partial charge in [0.1, 0.15) is 62.3 Å². The number of nitrogens with one attached hydrogen (secondary N) is 3. The number of amidine groups is 1. The molecule has 36 nitrogen and oxygen atoms in total. The van der Waals surface area contributed by atoms with Crippen LogP contribution in [-0.2, 0) is 94.0 Å². The summed E-state index contributed by atoms with van der Waals surface area (Å²) in [7, 11) is -5.99. The predicted octanol–water partition coefficient (Wildman–Crippen LogP) is 15.5. The molecule has 1 aliphatic rings. The van der Waals surface area contributed by atoms with Crippen molar-refractivity contribution >= 4 is 229 Å². The molecule has 14 rings (SSSR count). The molecule has 0 saturated carbocycles. The van der Waals surface area contributed by atoms with Crippen molar-refractivity contribution in [3.8, 4) is 46.3 Å². The molecule has 0 radical (unpaired) electrons. The first-order valence-corrected chi connectivity index (χ1v) is 60.0. The quantitative estimate of drug-likeness (QED) is 0.00387. The second-order valence-electron chi connectivity index (χ2n) is 30.5. The number of benzene rings is 7. The molecule has 0 spiro atoms. The number of aliphatic hydroxyl groups excluding tert-OH is 1. The number of ketones is 2. The summed E-state index contributed by atoms with van der Waals surface area (Å²) >= 11 is 12.9. The third kappa shape index (κ3) is 34.8. The van der Waals surface area contributed by atoms with Gasteiger partial charge in [0, 0.05) is 114 Å². The number of aryl methyl sites for hydroxylation is 1. The first-order chi connectivity index (χ1) is 65.8. The summed E-state index contributed by atoms with van der Waals surface area (Å²) in [6.45, 7) is 24.0. The van der Waals surface area contributed by atoms with E-state index in [1.54, 1.807) is 156 Å².